The zero-order valence-corrected chi connectivity index (χ0v) is 20.4. The van der Waals surface area contributed by atoms with Crippen molar-refractivity contribution in [3.63, 3.8) is 0 Å². The Bertz CT molecular complexity index is 1050. The summed E-state index contributed by atoms with van der Waals surface area (Å²) in [4.78, 5) is 33.7. The van der Waals surface area contributed by atoms with Crippen molar-refractivity contribution >= 4 is 11.8 Å². The molecule has 2 N–H and O–H groups in total. The van der Waals surface area contributed by atoms with E-state index in [2.05, 4.69) is 39.5 Å². The number of hydrogen-bond donors (Lipinski definition) is 2. The maximum atomic E-state index is 12.7. The lowest BCUT2D eigenvalue weighted by Gasteiger charge is -2.32. The molecule has 1 saturated carbocycles. The lowest BCUT2D eigenvalue weighted by molar-refractivity contribution is -0.133. The van der Waals surface area contributed by atoms with E-state index in [1.807, 2.05) is 11.0 Å². The third kappa shape index (κ3) is 6.27. The molecule has 0 radical (unpaired) electrons. The quantitative estimate of drug-likeness (QED) is 0.611. The van der Waals surface area contributed by atoms with Gasteiger partial charge in [0.05, 0.1) is 6.10 Å². The SMILES string of the molecule is O=C(NC[C@H](O)CN1CCc2ccccc2C1)c1ccnc(CC2CCN(C(=O)C3CC3)CC2)c1. The van der Waals surface area contributed by atoms with Gasteiger partial charge in [0.2, 0.25) is 5.91 Å². The van der Waals surface area contributed by atoms with Gasteiger partial charge in [0.15, 0.2) is 0 Å². The number of aromatic nitrogens is 1. The van der Waals surface area contributed by atoms with Crippen LogP contribution < -0.4 is 5.32 Å². The number of likely N-dealkylation sites (tertiary alicyclic amines) is 1. The number of nitrogens with zero attached hydrogens (tertiary/aromatic N) is 3. The summed E-state index contributed by atoms with van der Waals surface area (Å²) in [6, 6.07) is 12.0. The highest BCUT2D eigenvalue weighted by Crippen LogP contribution is 2.32. The Morgan fingerprint density at radius 1 is 1.06 bits per heavy atom. The van der Waals surface area contributed by atoms with Gasteiger partial charge in [-0.05, 0) is 67.7 Å². The molecule has 1 atom stereocenters. The summed E-state index contributed by atoms with van der Waals surface area (Å²) in [7, 11) is 0. The molecule has 2 aliphatic heterocycles. The van der Waals surface area contributed by atoms with E-state index < -0.39 is 6.10 Å². The van der Waals surface area contributed by atoms with Gasteiger partial charge in [-0.2, -0.15) is 0 Å². The molecule has 1 aliphatic carbocycles. The van der Waals surface area contributed by atoms with Crippen molar-refractivity contribution in [1.82, 2.24) is 20.1 Å². The predicted octanol–water partition coefficient (Wildman–Crippen LogP) is 2.42. The zero-order valence-electron chi connectivity index (χ0n) is 20.4. The molecule has 0 unspecified atom stereocenters. The molecule has 1 aromatic heterocycles. The number of aliphatic hydroxyl groups excluding tert-OH is 1. The Morgan fingerprint density at radius 2 is 1.83 bits per heavy atom. The fraction of sp³-hybridized carbons (Fsp3) is 0.536. The lowest BCUT2D eigenvalue weighted by atomic mass is 9.91. The Morgan fingerprint density at radius 3 is 2.60 bits per heavy atom. The summed E-state index contributed by atoms with van der Waals surface area (Å²) in [6.07, 6.45) is 6.98. The van der Waals surface area contributed by atoms with Crippen LogP contribution in [0.3, 0.4) is 0 Å². The fourth-order valence-electron chi connectivity index (χ4n) is 5.36. The van der Waals surface area contributed by atoms with E-state index in [1.54, 1.807) is 12.3 Å². The van der Waals surface area contributed by atoms with E-state index in [-0.39, 0.29) is 12.5 Å². The first kappa shape index (κ1) is 23.9. The van der Waals surface area contributed by atoms with Crippen molar-refractivity contribution in [2.24, 2.45) is 11.8 Å². The number of benzene rings is 1. The van der Waals surface area contributed by atoms with Crippen LogP contribution >= 0.6 is 0 Å². The first-order valence-corrected chi connectivity index (χ1v) is 13.0. The summed E-state index contributed by atoms with van der Waals surface area (Å²) in [5.74, 6) is 0.938. The van der Waals surface area contributed by atoms with Crippen molar-refractivity contribution in [2.75, 3.05) is 32.7 Å². The van der Waals surface area contributed by atoms with Crippen molar-refractivity contribution in [2.45, 2.75) is 51.2 Å². The second-order valence-corrected chi connectivity index (χ2v) is 10.4. The van der Waals surface area contributed by atoms with Crippen molar-refractivity contribution in [1.29, 1.82) is 0 Å². The number of fused-ring (bicyclic) bond motifs is 1. The van der Waals surface area contributed by atoms with E-state index in [9.17, 15) is 14.7 Å². The molecule has 186 valence electrons. The van der Waals surface area contributed by atoms with Crippen molar-refractivity contribution in [3.05, 3.63) is 65.0 Å². The maximum Gasteiger partial charge on any atom is 0.251 e. The summed E-state index contributed by atoms with van der Waals surface area (Å²) < 4.78 is 0. The molecule has 35 heavy (non-hydrogen) atoms. The molecule has 2 aromatic rings. The number of carbonyl (C=O) groups is 2. The average molecular weight is 477 g/mol. The third-order valence-electron chi connectivity index (χ3n) is 7.61. The van der Waals surface area contributed by atoms with Crippen molar-refractivity contribution < 1.29 is 14.7 Å². The molecule has 0 spiro atoms. The van der Waals surface area contributed by atoms with Gasteiger partial charge in [-0.1, -0.05) is 24.3 Å². The van der Waals surface area contributed by atoms with Crippen LogP contribution in [0.2, 0.25) is 0 Å². The van der Waals surface area contributed by atoms with Gasteiger partial charge in [-0.3, -0.25) is 19.5 Å². The summed E-state index contributed by atoms with van der Waals surface area (Å²) in [6.45, 7) is 4.19. The average Bonchev–Trinajstić information content (AvgIpc) is 3.73. The van der Waals surface area contributed by atoms with Gasteiger partial charge in [0.1, 0.15) is 0 Å². The zero-order chi connectivity index (χ0) is 24.2. The summed E-state index contributed by atoms with van der Waals surface area (Å²) >= 11 is 0. The number of hydrogen-bond acceptors (Lipinski definition) is 5. The Hall–Kier alpha value is -2.77. The van der Waals surface area contributed by atoms with Gasteiger partial charge in [0, 0.05) is 62.6 Å². The van der Waals surface area contributed by atoms with Gasteiger partial charge in [-0.25, -0.2) is 0 Å². The van der Waals surface area contributed by atoms with Crippen LogP contribution in [0.5, 0.6) is 0 Å². The molecular weight excluding hydrogens is 440 g/mol. The Labute approximate surface area is 207 Å². The number of piperidine rings is 1. The Kier molecular flexibility index (Phi) is 7.44. The normalized spacial score (nSPS) is 19.7. The molecule has 1 saturated heterocycles. The smallest absolute Gasteiger partial charge is 0.251 e. The van der Waals surface area contributed by atoms with Gasteiger partial charge < -0.3 is 15.3 Å². The number of rotatable bonds is 8. The van der Waals surface area contributed by atoms with Gasteiger partial charge >= 0.3 is 0 Å². The highest BCUT2D eigenvalue weighted by atomic mass is 16.3. The van der Waals surface area contributed by atoms with Crippen LogP contribution in [-0.4, -0.2) is 70.5 Å². The van der Waals surface area contributed by atoms with Crippen LogP contribution in [0.15, 0.2) is 42.6 Å². The predicted molar refractivity (Wildman–Crippen MR) is 134 cm³/mol. The molecule has 2 amide bonds. The van der Waals surface area contributed by atoms with Crippen molar-refractivity contribution in [3.8, 4) is 0 Å². The standard InChI is InChI=1S/C28H36N4O3/c33-26(19-31-12-10-21-3-1-2-4-24(21)18-31)17-30-27(34)23-7-11-29-25(16-23)15-20-8-13-32(14-9-20)28(35)22-5-6-22/h1-4,7,11,16,20,22,26,33H,5-6,8-10,12-15,17-19H2,(H,30,34)/t26-/m0/s1. The van der Waals surface area contributed by atoms with Crippen LogP contribution in [0.25, 0.3) is 0 Å². The van der Waals surface area contributed by atoms with Crippen LogP contribution in [-0.2, 0) is 24.2 Å². The highest BCUT2D eigenvalue weighted by molar-refractivity contribution is 5.94. The molecular formula is C28H36N4O3. The minimum Gasteiger partial charge on any atom is -0.390 e. The maximum absolute atomic E-state index is 12.7. The van der Waals surface area contributed by atoms with E-state index in [0.717, 1.165) is 70.4 Å². The van der Waals surface area contributed by atoms with E-state index in [0.29, 0.717) is 29.9 Å². The first-order valence-electron chi connectivity index (χ1n) is 13.0. The molecule has 5 rings (SSSR count). The first-order chi connectivity index (χ1) is 17.0. The van der Waals surface area contributed by atoms with E-state index in [1.165, 1.54) is 11.1 Å². The molecule has 7 nitrogen and oxygen atoms in total. The highest BCUT2D eigenvalue weighted by Gasteiger charge is 2.35. The monoisotopic (exact) mass is 476 g/mol. The molecule has 1 aromatic carbocycles. The van der Waals surface area contributed by atoms with Gasteiger partial charge in [0.25, 0.3) is 5.91 Å². The molecule has 2 fully saturated rings. The van der Waals surface area contributed by atoms with Crippen LogP contribution in [0, 0.1) is 11.8 Å². The number of aliphatic hydroxyl groups is 1. The summed E-state index contributed by atoms with van der Waals surface area (Å²) in [5, 5.41) is 13.4. The van der Waals surface area contributed by atoms with Gasteiger partial charge in [-0.15, -0.1) is 0 Å². The Balaban J connectivity index is 1.06. The van der Waals surface area contributed by atoms with E-state index in [4.69, 9.17) is 0 Å². The minimum atomic E-state index is -0.617. The van der Waals surface area contributed by atoms with Crippen LogP contribution in [0.1, 0.15) is 52.9 Å². The number of nitrogens with one attached hydrogen (secondary N) is 1. The molecule has 0 bridgehead atoms. The lowest BCUT2D eigenvalue weighted by Crippen LogP contribution is -2.42. The third-order valence-corrected chi connectivity index (χ3v) is 7.61. The number of amides is 2. The topological polar surface area (TPSA) is 85.8 Å². The fourth-order valence-corrected chi connectivity index (χ4v) is 5.36. The molecule has 7 heteroatoms. The van der Waals surface area contributed by atoms with Crippen LogP contribution in [0.4, 0.5) is 0 Å². The minimum absolute atomic E-state index is 0.179. The number of β-amino-alcohol motifs (C(OH)–C–C–N with tert-alkyl or cyclic N) is 1. The second kappa shape index (κ2) is 10.9. The second-order valence-electron chi connectivity index (χ2n) is 10.4. The number of pyridine rings is 1. The summed E-state index contributed by atoms with van der Waals surface area (Å²) in [5.41, 5.74) is 4.20. The largest absolute Gasteiger partial charge is 0.390 e. The number of carbonyl (C=O) groups excluding carboxylic acids is 2. The molecule has 3 heterocycles. The molecule has 3 aliphatic rings. The van der Waals surface area contributed by atoms with E-state index >= 15 is 0 Å².